The second-order valence-electron chi connectivity index (χ2n) is 5.06. The summed E-state index contributed by atoms with van der Waals surface area (Å²) in [4.78, 5) is 4.24. The fraction of sp³-hybridized carbons (Fsp3) is 0.312. The van der Waals surface area contributed by atoms with Gasteiger partial charge in [-0.25, -0.2) is 4.39 Å². The van der Waals surface area contributed by atoms with Gasteiger partial charge in [0.25, 0.3) is 0 Å². The monoisotopic (exact) mass is 295 g/mol. The van der Waals surface area contributed by atoms with Crippen molar-refractivity contribution in [2.75, 3.05) is 0 Å². The molecule has 21 heavy (non-hydrogen) atoms. The van der Waals surface area contributed by atoms with Crippen LogP contribution in [0.5, 0.6) is 5.75 Å². The number of ether oxygens (including phenoxy) is 1. The van der Waals surface area contributed by atoms with Gasteiger partial charge in [0.2, 0.25) is 0 Å². The minimum absolute atomic E-state index is 0.380. The van der Waals surface area contributed by atoms with Gasteiger partial charge in [0.1, 0.15) is 0 Å². The first-order valence-electron chi connectivity index (χ1n) is 6.63. The Morgan fingerprint density at radius 2 is 1.90 bits per heavy atom. The van der Waals surface area contributed by atoms with E-state index in [4.69, 9.17) is 0 Å². The van der Waals surface area contributed by atoms with Crippen molar-refractivity contribution in [2.24, 2.45) is 0 Å². The number of rotatable bonds is 5. The molecule has 0 aliphatic heterocycles. The number of pyridine rings is 1. The standard InChI is InChI=1S/C16H16F3NO/c1-10(2)12-5-6-20-13(9-12)7-11-3-4-15(14(17)8-11)21-16(18)19/h3-6,8-10,16H,7H2,1-2H3. The Balaban J connectivity index is 2.16. The van der Waals surface area contributed by atoms with E-state index in [9.17, 15) is 13.2 Å². The Labute approximate surface area is 121 Å². The molecule has 0 amide bonds. The summed E-state index contributed by atoms with van der Waals surface area (Å²) >= 11 is 0. The molecule has 112 valence electrons. The van der Waals surface area contributed by atoms with E-state index in [0.29, 0.717) is 17.9 Å². The average molecular weight is 295 g/mol. The van der Waals surface area contributed by atoms with Crippen LogP contribution in [0.4, 0.5) is 13.2 Å². The van der Waals surface area contributed by atoms with Crippen molar-refractivity contribution < 1.29 is 17.9 Å². The van der Waals surface area contributed by atoms with Crippen LogP contribution < -0.4 is 4.74 Å². The van der Waals surface area contributed by atoms with E-state index in [0.717, 1.165) is 11.3 Å². The van der Waals surface area contributed by atoms with Crippen LogP contribution in [-0.2, 0) is 6.42 Å². The summed E-state index contributed by atoms with van der Waals surface area (Å²) in [5.74, 6) is -0.865. The summed E-state index contributed by atoms with van der Waals surface area (Å²) < 4.78 is 41.9. The van der Waals surface area contributed by atoms with Crippen molar-refractivity contribution in [3.05, 3.63) is 59.2 Å². The molecule has 0 fully saturated rings. The third kappa shape index (κ3) is 4.21. The highest BCUT2D eigenvalue weighted by molar-refractivity contribution is 5.32. The first-order valence-corrected chi connectivity index (χ1v) is 6.63. The molecule has 0 saturated carbocycles. The van der Waals surface area contributed by atoms with Gasteiger partial charge < -0.3 is 4.74 Å². The minimum atomic E-state index is -3.03. The normalized spacial score (nSPS) is 11.2. The smallest absolute Gasteiger partial charge is 0.387 e. The zero-order valence-electron chi connectivity index (χ0n) is 11.8. The molecule has 0 N–H and O–H groups in total. The third-order valence-electron chi connectivity index (χ3n) is 3.10. The van der Waals surface area contributed by atoms with Crippen molar-refractivity contribution in [1.82, 2.24) is 4.98 Å². The molecule has 0 radical (unpaired) electrons. The molecule has 0 saturated heterocycles. The Bertz CT molecular complexity index is 614. The lowest BCUT2D eigenvalue weighted by Gasteiger charge is -2.09. The molecule has 1 aromatic heterocycles. The second kappa shape index (κ2) is 6.61. The van der Waals surface area contributed by atoms with E-state index >= 15 is 0 Å². The van der Waals surface area contributed by atoms with E-state index in [1.165, 1.54) is 12.1 Å². The van der Waals surface area contributed by atoms with Crippen LogP contribution in [0.3, 0.4) is 0 Å². The van der Waals surface area contributed by atoms with Crippen LogP contribution >= 0.6 is 0 Å². The maximum absolute atomic E-state index is 13.6. The van der Waals surface area contributed by atoms with Crippen molar-refractivity contribution in [3.63, 3.8) is 0 Å². The maximum atomic E-state index is 13.6. The van der Waals surface area contributed by atoms with Crippen molar-refractivity contribution >= 4 is 0 Å². The predicted molar refractivity (Wildman–Crippen MR) is 74.2 cm³/mol. The number of benzene rings is 1. The zero-order valence-corrected chi connectivity index (χ0v) is 11.8. The number of nitrogens with zero attached hydrogens (tertiary/aromatic N) is 1. The molecule has 2 nitrogen and oxygen atoms in total. The van der Waals surface area contributed by atoms with Crippen molar-refractivity contribution in [3.8, 4) is 5.75 Å². The first-order chi connectivity index (χ1) is 9.95. The number of hydrogen-bond acceptors (Lipinski definition) is 2. The summed E-state index contributed by atoms with van der Waals surface area (Å²) in [7, 11) is 0. The van der Waals surface area contributed by atoms with Gasteiger partial charge in [0, 0.05) is 18.3 Å². The van der Waals surface area contributed by atoms with Gasteiger partial charge in [0.05, 0.1) is 0 Å². The highest BCUT2D eigenvalue weighted by Crippen LogP contribution is 2.22. The van der Waals surface area contributed by atoms with Crippen LogP contribution in [0.25, 0.3) is 0 Å². The van der Waals surface area contributed by atoms with Gasteiger partial charge >= 0.3 is 6.61 Å². The Kier molecular flexibility index (Phi) is 4.83. The van der Waals surface area contributed by atoms with E-state index < -0.39 is 18.2 Å². The molecular formula is C16H16F3NO. The Hall–Kier alpha value is -2.04. The molecule has 2 aromatic rings. The number of aromatic nitrogens is 1. The van der Waals surface area contributed by atoms with E-state index in [2.05, 4.69) is 23.6 Å². The third-order valence-corrected chi connectivity index (χ3v) is 3.10. The highest BCUT2D eigenvalue weighted by atomic mass is 19.3. The first kappa shape index (κ1) is 15.4. The molecule has 0 spiro atoms. The second-order valence-corrected chi connectivity index (χ2v) is 5.06. The summed E-state index contributed by atoms with van der Waals surface area (Å²) in [6.07, 6.45) is 2.15. The van der Waals surface area contributed by atoms with Gasteiger partial charge in [-0.2, -0.15) is 8.78 Å². The fourth-order valence-electron chi connectivity index (χ4n) is 2.01. The van der Waals surface area contributed by atoms with Gasteiger partial charge in [-0.15, -0.1) is 0 Å². The largest absolute Gasteiger partial charge is 0.432 e. The molecule has 2 rings (SSSR count). The number of halogens is 3. The van der Waals surface area contributed by atoms with Gasteiger partial charge in [-0.3, -0.25) is 4.98 Å². The summed E-state index contributed by atoms with van der Waals surface area (Å²) in [5, 5.41) is 0. The minimum Gasteiger partial charge on any atom is -0.432 e. The predicted octanol–water partition coefficient (Wildman–Crippen LogP) is 4.54. The molecular weight excluding hydrogens is 279 g/mol. The van der Waals surface area contributed by atoms with E-state index in [1.54, 1.807) is 12.3 Å². The fourth-order valence-corrected chi connectivity index (χ4v) is 2.01. The van der Waals surface area contributed by atoms with Crippen LogP contribution in [0, 0.1) is 5.82 Å². The van der Waals surface area contributed by atoms with Gasteiger partial charge in [0.15, 0.2) is 11.6 Å². The Morgan fingerprint density at radius 1 is 1.14 bits per heavy atom. The van der Waals surface area contributed by atoms with Crippen molar-refractivity contribution in [1.29, 1.82) is 0 Å². The Morgan fingerprint density at radius 3 is 2.52 bits per heavy atom. The van der Waals surface area contributed by atoms with E-state index in [-0.39, 0.29) is 0 Å². The quantitative estimate of drug-likeness (QED) is 0.808. The highest BCUT2D eigenvalue weighted by Gasteiger charge is 2.11. The van der Waals surface area contributed by atoms with Crippen molar-refractivity contribution in [2.45, 2.75) is 32.8 Å². The lowest BCUT2D eigenvalue weighted by Crippen LogP contribution is -2.04. The SMILES string of the molecule is CC(C)c1ccnc(Cc2ccc(OC(F)F)c(F)c2)c1. The number of alkyl halides is 2. The van der Waals surface area contributed by atoms with Crippen LogP contribution in [-0.4, -0.2) is 11.6 Å². The number of hydrogen-bond donors (Lipinski definition) is 0. The summed E-state index contributed by atoms with van der Waals surface area (Å²) in [6.45, 7) is 1.12. The topological polar surface area (TPSA) is 22.1 Å². The molecule has 1 aromatic carbocycles. The lowest BCUT2D eigenvalue weighted by atomic mass is 10.0. The van der Waals surface area contributed by atoms with E-state index in [1.807, 2.05) is 12.1 Å². The molecule has 0 atom stereocenters. The molecule has 5 heteroatoms. The molecule has 0 unspecified atom stereocenters. The zero-order chi connectivity index (χ0) is 15.4. The van der Waals surface area contributed by atoms with Crippen LogP contribution in [0.1, 0.15) is 36.6 Å². The lowest BCUT2D eigenvalue weighted by molar-refractivity contribution is -0.0522. The summed E-state index contributed by atoms with van der Waals surface area (Å²) in [6, 6.07) is 7.87. The molecule has 0 aliphatic rings. The van der Waals surface area contributed by atoms with Crippen LogP contribution in [0.2, 0.25) is 0 Å². The summed E-state index contributed by atoms with van der Waals surface area (Å²) in [5.41, 5.74) is 2.61. The van der Waals surface area contributed by atoms with Gasteiger partial charge in [-0.1, -0.05) is 19.9 Å². The molecule has 1 heterocycles. The van der Waals surface area contributed by atoms with Crippen LogP contribution in [0.15, 0.2) is 36.5 Å². The maximum Gasteiger partial charge on any atom is 0.387 e. The molecule has 0 aliphatic carbocycles. The van der Waals surface area contributed by atoms with Gasteiger partial charge in [-0.05, 0) is 41.3 Å². The average Bonchev–Trinajstić information content (AvgIpc) is 2.42. The molecule has 0 bridgehead atoms.